The Morgan fingerprint density at radius 3 is 2.22 bits per heavy atom. The van der Waals surface area contributed by atoms with Crippen LogP contribution in [-0.4, -0.2) is 34.4 Å². The van der Waals surface area contributed by atoms with Crippen LogP contribution < -0.4 is 4.90 Å². The van der Waals surface area contributed by atoms with Gasteiger partial charge in [-0.05, 0) is 48.3 Å². The number of anilines is 1. The molecule has 1 fully saturated rings. The highest BCUT2D eigenvalue weighted by molar-refractivity contribution is 8.17. The topological polar surface area (TPSA) is 20.3 Å². The first-order valence-electron chi connectivity index (χ1n) is 8.41. The Morgan fingerprint density at radius 2 is 1.74 bits per heavy atom. The fourth-order valence-corrected chi connectivity index (χ4v) is 5.77. The number of hydrogen-bond donors (Lipinski definition) is 0. The van der Waals surface area contributed by atoms with Crippen LogP contribution in [0.5, 0.6) is 0 Å². The summed E-state index contributed by atoms with van der Waals surface area (Å²) in [5.41, 5.74) is 3.59. The van der Waals surface area contributed by atoms with Crippen LogP contribution in [0.4, 0.5) is 5.69 Å². The molecule has 0 spiro atoms. The van der Waals surface area contributed by atoms with Gasteiger partial charge in [-0.25, -0.2) is 0 Å². The van der Waals surface area contributed by atoms with E-state index in [4.69, 9.17) is 11.6 Å². The molecule has 2 rings (SSSR count). The highest BCUT2D eigenvalue weighted by Gasteiger charge is 2.25. The molecule has 2 nitrogen and oxygen atoms in total. The Balaban J connectivity index is 2.33. The fourth-order valence-electron chi connectivity index (χ4n) is 2.89. The molecule has 1 aromatic carbocycles. The molecule has 23 heavy (non-hydrogen) atoms. The van der Waals surface area contributed by atoms with Crippen molar-refractivity contribution < 1.29 is 4.79 Å². The number of thioether (sulfide) groups is 2. The average Bonchev–Trinajstić information content (AvgIpc) is 2.87. The van der Waals surface area contributed by atoms with Crippen LogP contribution in [-0.2, 0) is 17.6 Å². The third-order valence-corrected chi connectivity index (χ3v) is 7.26. The van der Waals surface area contributed by atoms with E-state index < -0.39 is 0 Å². The van der Waals surface area contributed by atoms with Crippen LogP contribution >= 0.6 is 35.1 Å². The van der Waals surface area contributed by atoms with Gasteiger partial charge in [-0.3, -0.25) is 4.79 Å². The van der Waals surface area contributed by atoms with Crippen molar-refractivity contribution in [1.82, 2.24) is 0 Å². The second kappa shape index (κ2) is 9.85. The Morgan fingerprint density at radius 1 is 1.17 bits per heavy atom. The second-order valence-corrected chi connectivity index (χ2v) is 8.84. The molecule has 1 aliphatic heterocycles. The maximum Gasteiger partial charge on any atom is 0.241 e. The molecule has 128 valence electrons. The largest absolute Gasteiger partial charge is 0.309 e. The normalized spacial score (nSPS) is 16.1. The first kappa shape index (κ1) is 19.0. The number of para-hydroxylation sites is 1. The first-order chi connectivity index (χ1) is 11.2. The zero-order valence-electron chi connectivity index (χ0n) is 14.0. The smallest absolute Gasteiger partial charge is 0.241 e. The first-order valence-corrected chi connectivity index (χ1v) is 11.0. The Hall–Kier alpha value is -0.320. The lowest BCUT2D eigenvalue weighted by Gasteiger charge is -2.30. The van der Waals surface area contributed by atoms with Gasteiger partial charge in [-0.1, -0.05) is 32.0 Å². The van der Waals surface area contributed by atoms with Crippen molar-refractivity contribution in [2.75, 3.05) is 28.8 Å². The van der Waals surface area contributed by atoms with Crippen LogP contribution in [0.25, 0.3) is 0 Å². The molecule has 1 heterocycles. The number of carbonyl (C=O) groups is 1. The van der Waals surface area contributed by atoms with Gasteiger partial charge >= 0.3 is 0 Å². The standard InChI is InChI=1S/C18H26ClNOS2/c1-3-14-8-7-9-15(4-2)18(14)20(16(21)12-19)13-17-22-10-5-6-11-23-17/h7-9,17H,3-6,10-13H2,1-2H3. The third kappa shape index (κ3) is 5.07. The maximum absolute atomic E-state index is 12.6. The SMILES string of the molecule is CCc1cccc(CC)c1N(CC1SCCCCS1)C(=O)CCl. The van der Waals surface area contributed by atoms with E-state index >= 15 is 0 Å². The van der Waals surface area contributed by atoms with Gasteiger partial charge in [-0.2, -0.15) is 0 Å². The quantitative estimate of drug-likeness (QED) is 0.658. The number of rotatable bonds is 6. The van der Waals surface area contributed by atoms with Gasteiger partial charge in [0.2, 0.25) is 5.91 Å². The van der Waals surface area contributed by atoms with Crippen LogP contribution in [0.1, 0.15) is 37.8 Å². The van der Waals surface area contributed by atoms with Crippen molar-refractivity contribution in [1.29, 1.82) is 0 Å². The van der Waals surface area contributed by atoms with Gasteiger partial charge < -0.3 is 4.90 Å². The molecular weight excluding hydrogens is 346 g/mol. The zero-order valence-corrected chi connectivity index (χ0v) is 16.4. The van der Waals surface area contributed by atoms with E-state index in [9.17, 15) is 4.79 Å². The fraction of sp³-hybridized carbons (Fsp3) is 0.611. The maximum atomic E-state index is 12.6. The molecule has 0 atom stereocenters. The third-order valence-electron chi connectivity index (χ3n) is 4.13. The van der Waals surface area contributed by atoms with Crippen molar-refractivity contribution in [2.45, 2.75) is 44.1 Å². The number of aryl methyl sites for hydroxylation is 2. The van der Waals surface area contributed by atoms with E-state index in [1.807, 2.05) is 28.4 Å². The molecule has 0 radical (unpaired) electrons. The summed E-state index contributed by atoms with van der Waals surface area (Å²) in [4.78, 5) is 14.5. The summed E-state index contributed by atoms with van der Waals surface area (Å²) in [5.74, 6) is 2.45. The number of amides is 1. The minimum atomic E-state index is 0.0210. The lowest BCUT2D eigenvalue weighted by Crippen LogP contribution is -2.38. The van der Waals surface area contributed by atoms with Gasteiger partial charge in [-0.15, -0.1) is 35.1 Å². The Labute approximate surface area is 153 Å². The van der Waals surface area contributed by atoms with Crippen LogP contribution in [0.15, 0.2) is 18.2 Å². The summed E-state index contributed by atoms with van der Waals surface area (Å²) in [6, 6.07) is 6.37. The van der Waals surface area contributed by atoms with Crippen molar-refractivity contribution in [3.63, 3.8) is 0 Å². The predicted molar refractivity (Wildman–Crippen MR) is 106 cm³/mol. The van der Waals surface area contributed by atoms with E-state index in [-0.39, 0.29) is 11.8 Å². The molecule has 1 aromatic rings. The minimum Gasteiger partial charge on any atom is -0.309 e. The molecule has 0 aliphatic carbocycles. The molecule has 0 aromatic heterocycles. The number of alkyl halides is 1. The molecule has 1 saturated heterocycles. The molecule has 0 unspecified atom stereocenters. The van der Waals surface area contributed by atoms with Crippen LogP contribution in [0.3, 0.4) is 0 Å². The van der Waals surface area contributed by atoms with E-state index in [0.717, 1.165) is 25.1 Å². The summed E-state index contributed by atoms with van der Waals surface area (Å²) in [5, 5.41) is 0. The summed E-state index contributed by atoms with van der Waals surface area (Å²) >= 11 is 9.91. The molecule has 0 saturated carbocycles. The molecule has 5 heteroatoms. The lowest BCUT2D eigenvalue weighted by molar-refractivity contribution is -0.116. The van der Waals surface area contributed by atoms with Crippen molar-refractivity contribution in [2.24, 2.45) is 0 Å². The Kier molecular flexibility index (Phi) is 8.14. The number of halogens is 1. The highest BCUT2D eigenvalue weighted by Crippen LogP contribution is 2.34. The zero-order chi connectivity index (χ0) is 16.7. The predicted octanol–water partition coefficient (Wildman–Crippen LogP) is 4.97. The van der Waals surface area contributed by atoms with E-state index in [1.165, 1.54) is 35.5 Å². The van der Waals surface area contributed by atoms with Gasteiger partial charge in [0.05, 0.1) is 10.3 Å². The minimum absolute atomic E-state index is 0.0210. The van der Waals surface area contributed by atoms with Crippen LogP contribution in [0.2, 0.25) is 0 Å². The van der Waals surface area contributed by atoms with Crippen molar-refractivity contribution in [3.8, 4) is 0 Å². The van der Waals surface area contributed by atoms with E-state index in [1.54, 1.807) is 0 Å². The van der Waals surface area contributed by atoms with Gasteiger partial charge in [0, 0.05) is 6.54 Å². The summed E-state index contributed by atoms with van der Waals surface area (Å²) in [7, 11) is 0. The van der Waals surface area contributed by atoms with Crippen molar-refractivity contribution >= 4 is 46.7 Å². The van der Waals surface area contributed by atoms with Crippen LogP contribution in [0, 0.1) is 0 Å². The molecule has 1 amide bonds. The van der Waals surface area contributed by atoms with Gasteiger partial charge in [0.1, 0.15) is 5.88 Å². The second-order valence-electron chi connectivity index (χ2n) is 5.65. The number of hydrogen-bond acceptors (Lipinski definition) is 3. The van der Waals surface area contributed by atoms with Gasteiger partial charge in [0.15, 0.2) is 0 Å². The number of benzene rings is 1. The van der Waals surface area contributed by atoms with Crippen molar-refractivity contribution in [3.05, 3.63) is 29.3 Å². The number of carbonyl (C=O) groups excluding carboxylic acids is 1. The molecule has 1 aliphatic rings. The van der Waals surface area contributed by atoms with E-state index in [0.29, 0.717) is 4.58 Å². The molecular formula is C18H26ClNOS2. The lowest BCUT2D eigenvalue weighted by atomic mass is 10.0. The molecule has 0 N–H and O–H groups in total. The van der Waals surface area contributed by atoms with Gasteiger partial charge in [0.25, 0.3) is 0 Å². The highest BCUT2D eigenvalue weighted by atomic mass is 35.5. The average molecular weight is 372 g/mol. The molecule has 0 bridgehead atoms. The monoisotopic (exact) mass is 371 g/mol. The summed E-state index contributed by atoms with van der Waals surface area (Å²) in [6.07, 6.45) is 4.42. The van der Waals surface area contributed by atoms with E-state index in [2.05, 4.69) is 32.0 Å². The Bertz CT molecular complexity index is 493. The summed E-state index contributed by atoms with van der Waals surface area (Å²) in [6.45, 7) is 5.05. The number of nitrogens with zero attached hydrogens (tertiary/aromatic N) is 1. The summed E-state index contributed by atoms with van der Waals surface area (Å²) < 4.78 is 0.444.